The molecule has 0 rings (SSSR count). The van der Waals surface area contributed by atoms with Crippen molar-refractivity contribution in [3.05, 3.63) is 0 Å². The minimum atomic E-state index is -0.119. The zero-order valence-corrected chi connectivity index (χ0v) is 7.59. The number of hydrogen-bond acceptors (Lipinski definition) is 3. The van der Waals surface area contributed by atoms with E-state index in [-0.39, 0.29) is 17.9 Å². The van der Waals surface area contributed by atoms with Crippen LogP contribution in [0.2, 0.25) is 0 Å². The molecule has 0 fully saturated rings. The van der Waals surface area contributed by atoms with Crippen molar-refractivity contribution in [1.29, 1.82) is 0 Å². The highest BCUT2D eigenvalue weighted by atomic mass is 16.2. The molecule has 0 aliphatic rings. The van der Waals surface area contributed by atoms with Gasteiger partial charge in [-0.25, -0.2) is 5.84 Å². The number of nitrogens with one attached hydrogen (secondary N) is 1. The van der Waals surface area contributed by atoms with Crippen LogP contribution < -0.4 is 11.3 Å². The largest absolute Gasteiger partial charge is 0.306 e. The molecule has 0 saturated heterocycles. The molecular formula is C7H17N3O. The SMILES string of the molecule is CC(C(=O)NN)C(C)N(C)C. The number of nitrogens with zero attached hydrogens (tertiary/aromatic N) is 1. The van der Waals surface area contributed by atoms with Crippen LogP contribution in [0.15, 0.2) is 0 Å². The molecule has 0 aliphatic heterocycles. The second kappa shape index (κ2) is 4.31. The first kappa shape index (κ1) is 10.4. The molecule has 66 valence electrons. The van der Waals surface area contributed by atoms with Crippen molar-refractivity contribution >= 4 is 5.91 Å². The van der Waals surface area contributed by atoms with Crippen LogP contribution in [0.1, 0.15) is 13.8 Å². The van der Waals surface area contributed by atoms with Crippen LogP contribution in [-0.4, -0.2) is 30.9 Å². The summed E-state index contributed by atoms with van der Waals surface area (Å²) in [7, 11) is 3.87. The fraction of sp³-hybridized carbons (Fsp3) is 0.857. The van der Waals surface area contributed by atoms with Crippen LogP contribution in [0.3, 0.4) is 0 Å². The summed E-state index contributed by atoms with van der Waals surface area (Å²) in [5.41, 5.74) is 2.13. The summed E-state index contributed by atoms with van der Waals surface area (Å²) < 4.78 is 0. The van der Waals surface area contributed by atoms with Crippen molar-refractivity contribution in [2.24, 2.45) is 11.8 Å². The standard InChI is InChI=1S/C7H17N3O/c1-5(7(11)9-8)6(2)10(3)4/h5-6H,8H2,1-4H3,(H,9,11). The molecule has 0 aromatic rings. The summed E-state index contributed by atoms with van der Waals surface area (Å²) in [5, 5.41) is 0. The first-order valence-corrected chi connectivity index (χ1v) is 3.67. The van der Waals surface area contributed by atoms with Crippen molar-refractivity contribution in [3.63, 3.8) is 0 Å². The molecule has 0 saturated carbocycles. The molecule has 2 unspecified atom stereocenters. The zero-order chi connectivity index (χ0) is 9.02. The Kier molecular flexibility index (Phi) is 4.07. The van der Waals surface area contributed by atoms with Crippen LogP contribution >= 0.6 is 0 Å². The molecule has 3 N–H and O–H groups in total. The lowest BCUT2D eigenvalue weighted by Gasteiger charge is -2.24. The Morgan fingerprint density at radius 2 is 1.91 bits per heavy atom. The Labute approximate surface area is 67.7 Å². The van der Waals surface area contributed by atoms with Crippen molar-refractivity contribution in [2.75, 3.05) is 14.1 Å². The number of hydrazine groups is 1. The molecule has 0 aromatic carbocycles. The minimum Gasteiger partial charge on any atom is -0.306 e. The summed E-state index contributed by atoms with van der Waals surface area (Å²) in [6.07, 6.45) is 0. The molecule has 2 atom stereocenters. The normalized spacial score (nSPS) is 16.2. The van der Waals surface area contributed by atoms with E-state index in [4.69, 9.17) is 5.84 Å². The van der Waals surface area contributed by atoms with Gasteiger partial charge in [0.25, 0.3) is 0 Å². The van der Waals surface area contributed by atoms with Crippen LogP contribution in [0.5, 0.6) is 0 Å². The van der Waals surface area contributed by atoms with Gasteiger partial charge >= 0.3 is 0 Å². The zero-order valence-electron chi connectivity index (χ0n) is 7.59. The van der Waals surface area contributed by atoms with Crippen molar-refractivity contribution < 1.29 is 4.79 Å². The van der Waals surface area contributed by atoms with Crippen LogP contribution in [0.4, 0.5) is 0 Å². The summed E-state index contributed by atoms with van der Waals surface area (Å²) in [5.74, 6) is 4.80. The van der Waals surface area contributed by atoms with Gasteiger partial charge in [0.15, 0.2) is 0 Å². The smallest absolute Gasteiger partial charge is 0.238 e. The number of nitrogens with two attached hydrogens (primary N) is 1. The van der Waals surface area contributed by atoms with Gasteiger partial charge in [-0.15, -0.1) is 0 Å². The van der Waals surface area contributed by atoms with Gasteiger partial charge in [-0.1, -0.05) is 6.92 Å². The predicted molar refractivity (Wildman–Crippen MR) is 44.6 cm³/mol. The van der Waals surface area contributed by atoms with Gasteiger partial charge in [-0.05, 0) is 21.0 Å². The number of carbonyl (C=O) groups excluding carboxylic acids is 1. The second-order valence-electron chi connectivity index (χ2n) is 3.00. The summed E-state index contributed by atoms with van der Waals surface area (Å²) in [4.78, 5) is 13.0. The predicted octanol–water partition coefficient (Wildman–Crippen LogP) is -0.437. The van der Waals surface area contributed by atoms with E-state index in [9.17, 15) is 4.79 Å². The number of amides is 1. The van der Waals surface area contributed by atoms with E-state index in [1.807, 2.05) is 32.8 Å². The lowest BCUT2D eigenvalue weighted by molar-refractivity contribution is -0.126. The lowest BCUT2D eigenvalue weighted by atomic mass is 10.0. The highest BCUT2D eigenvalue weighted by Gasteiger charge is 2.20. The number of rotatable bonds is 3. The molecule has 0 bridgehead atoms. The van der Waals surface area contributed by atoms with Gasteiger partial charge in [0.2, 0.25) is 5.91 Å². The summed E-state index contributed by atoms with van der Waals surface area (Å²) >= 11 is 0. The first-order chi connectivity index (χ1) is 5.00. The maximum Gasteiger partial charge on any atom is 0.238 e. The minimum absolute atomic E-state index is 0.0741. The van der Waals surface area contributed by atoms with Gasteiger partial charge in [0, 0.05) is 6.04 Å². The van der Waals surface area contributed by atoms with E-state index in [0.29, 0.717) is 0 Å². The molecule has 0 spiro atoms. The first-order valence-electron chi connectivity index (χ1n) is 3.67. The van der Waals surface area contributed by atoms with E-state index in [0.717, 1.165) is 0 Å². The van der Waals surface area contributed by atoms with Gasteiger partial charge in [0.05, 0.1) is 5.92 Å². The molecule has 0 radical (unpaired) electrons. The molecule has 0 aromatic heterocycles. The Hall–Kier alpha value is -0.610. The van der Waals surface area contributed by atoms with Crippen molar-refractivity contribution in [1.82, 2.24) is 10.3 Å². The maximum absolute atomic E-state index is 11.0. The topological polar surface area (TPSA) is 58.4 Å². The third-order valence-electron chi connectivity index (χ3n) is 2.09. The quantitative estimate of drug-likeness (QED) is 0.333. The average Bonchev–Trinajstić information content (AvgIpc) is 2.00. The summed E-state index contributed by atoms with van der Waals surface area (Å²) in [6, 6.07) is 0.207. The van der Waals surface area contributed by atoms with E-state index in [1.54, 1.807) is 0 Å². The molecule has 0 aliphatic carbocycles. The summed E-state index contributed by atoms with van der Waals surface area (Å²) in [6.45, 7) is 3.84. The Morgan fingerprint density at radius 1 is 1.45 bits per heavy atom. The highest BCUT2D eigenvalue weighted by molar-refractivity contribution is 5.78. The van der Waals surface area contributed by atoms with E-state index in [1.165, 1.54) is 0 Å². The third-order valence-corrected chi connectivity index (χ3v) is 2.09. The van der Waals surface area contributed by atoms with E-state index in [2.05, 4.69) is 5.43 Å². The van der Waals surface area contributed by atoms with Gasteiger partial charge in [0.1, 0.15) is 0 Å². The average molecular weight is 159 g/mol. The van der Waals surface area contributed by atoms with E-state index >= 15 is 0 Å². The van der Waals surface area contributed by atoms with Crippen molar-refractivity contribution in [3.8, 4) is 0 Å². The second-order valence-corrected chi connectivity index (χ2v) is 3.00. The van der Waals surface area contributed by atoms with E-state index < -0.39 is 0 Å². The lowest BCUT2D eigenvalue weighted by Crippen LogP contribution is -2.43. The molecule has 1 amide bonds. The van der Waals surface area contributed by atoms with Gasteiger partial charge in [-0.2, -0.15) is 0 Å². The molecule has 4 heteroatoms. The fourth-order valence-electron chi connectivity index (χ4n) is 0.798. The van der Waals surface area contributed by atoms with Crippen LogP contribution in [-0.2, 0) is 4.79 Å². The number of carbonyl (C=O) groups is 1. The van der Waals surface area contributed by atoms with Gasteiger partial charge < -0.3 is 4.90 Å². The van der Waals surface area contributed by atoms with Gasteiger partial charge in [-0.3, -0.25) is 10.2 Å². The maximum atomic E-state index is 11.0. The molecule has 0 heterocycles. The number of hydrogen-bond donors (Lipinski definition) is 2. The molecule has 11 heavy (non-hydrogen) atoms. The highest BCUT2D eigenvalue weighted by Crippen LogP contribution is 2.06. The molecule has 4 nitrogen and oxygen atoms in total. The molecular weight excluding hydrogens is 142 g/mol. The Bertz CT molecular complexity index is 136. The van der Waals surface area contributed by atoms with Crippen molar-refractivity contribution in [2.45, 2.75) is 19.9 Å². The van der Waals surface area contributed by atoms with Crippen LogP contribution in [0, 0.1) is 5.92 Å². The van der Waals surface area contributed by atoms with Crippen LogP contribution in [0.25, 0.3) is 0 Å². The Morgan fingerprint density at radius 3 is 2.18 bits per heavy atom. The fourth-order valence-corrected chi connectivity index (χ4v) is 0.798. The third kappa shape index (κ3) is 2.86. The Balaban J connectivity index is 4.01. The monoisotopic (exact) mass is 159 g/mol.